The van der Waals surface area contributed by atoms with Crippen LogP contribution < -0.4 is 5.32 Å². The Morgan fingerprint density at radius 2 is 1.57 bits per heavy atom. The molecule has 1 aromatic heterocycles. The molecule has 0 spiro atoms. The highest BCUT2D eigenvalue weighted by Crippen LogP contribution is 2.32. The van der Waals surface area contributed by atoms with Crippen LogP contribution >= 0.6 is 0 Å². The molecule has 21 heavy (non-hydrogen) atoms. The fraction of sp³-hybridized carbons (Fsp3) is 0. The third-order valence-corrected chi connectivity index (χ3v) is 3.40. The molecule has 0 saturated heterocycles. The summed E-state index contributed by atoms with van der Waals surface area (Å²) in [6.07, 6.45) is 3.58. The van der Waals surface area contributed by atoms with Gasteiger partial charge >= 0.3 is 0 Å². The quantitative estimate of drug-likeness (QED) is 0.700. The predicted octanol–water partition coefficient (Wildman–Crippen LogP) is 5.26. The van der Waals surface area contributed by atoms with Crippen LogP contribution in [0.15, 0.2) is 67.8 Å². The van der Waals surface area contributed by atoms with Crippen molar-refractivity contribution in [2.24, 2.45) is 0 Å². The second-order valence-corrected chi connectivity index (χ2v) is 4.70. The van der Waals surface area contributed by atoms with Gasteiger partial charge in [0.15, 0.2) is 0 Å². The first-order chi connectivity index (χ1) is 10.3. The Kier molecular flexibility index (Phi) is 3.52. The Morgan fingerprint density at radius 1 is 0.857 bits per heavy atom. The molecule has 0 unspecified atom stereocenters. The lowest BCUT2D eigenvalue weighted by molar-refractivity contribution is 1.35. The second-order valence-electron chi connectivity index (χ2n) is 4.70. The van der Waals surface area contributed by atoms with E-state index in [1.807, 2.05) is 54.6 Å². The van der Waals surface area contributed by atoms with E-state index < -0.39 is 0 Å². The van der Waals surface area contributed by atoms with Crippen LogP contribution in [-0.4, -0.2) is 4.98 Å². The second kappa shape index (κ2) is 5.63. The van der Waals surface area contributed by atoms with Crippen molar-refractivity contribution in [3.63, 3.8) is 0 Å². The van der Waals surface area contributed by atoms with E-state index in [1.165, 1.54) is 0 Å². The van der Waals surface area contributed by atoms with E-state index in [0.29, 0.717) is 0 Å². The minimum absolute atomic E-state index is 0.835. The molecule has 2 aromatic carbocycles. The van der Waals surface area contributed by atoms with Crippen molar-refractivity contribution in [3.8, 4) is 0 Å². The summed E-state index contributed by atoms with van der Waals surface area (Å²) in [5.41, 5.74) is 4.79. The summed E-state index contributed by atoms with van der Waals surface area (Å²) >= 11 is 0. The van der Waals surface area contributed by atoms with Gasteiger partial charge in [-0.15, -0.1) is 0 Å². The summed E-state index contributed by atoms with van der Waals surface area (Å²) in [5.74, 6) is 0. The van der Waals surface area contributed by atoms with Crippen LogP contribution in [0.3, 0.4) is 0 Å². The maximum Gasteiger partial charge on any atom is 0.0730 e. The number of rotatable bonds is 4. The fourth-order valence-corrected chi connectivity index (χ4v) is 2.41. The molecule has 0 aliphatic carbocycles. The zero-order valence-electron chi connectivity index (χ0n) is 11.7. The SMILES string of the molecule is C=Cc1nc2ccccc2c(Nc2ccccc2)c1C=C. The monoisotopic (exact) mass is 272 g/mol. The zero-order valence-corrected chi connectivity index (χ0v) is 11.7. The number of pyridine rings is 1. The first-order valence-corrected chi connectivity index (χ1v) is 6.83. The van der Waals surface area contributed by atoms with Crippen molar-refractivity contribution in [1.82, 2.24) is 4.98 Å². The Morgan fingerprint density at radius 3 is 2.29 bits per heavy atom. The van der Waals surface area contributed by atoms with Crippen LogP contribution in [0.25, 0.3) is 23.1 Å². The average molecular weight is 272 g/mol. The van der Waals surface area contributed by atoms with Gasteiger partial charge in [-0.3, -0.25) is 0 Å². The summed E-state index contributed by atoms with van der Waals surface area (Å²) in [7, 11) is 0. The molecule has 0 radical (unpaired) electrons. The van der Waals surface area contributed by atoms with E-state index in [-0.39, 0.29) is 0 Å². The van der Waals surface area contributed by atoms with E-state index in [2.05, 4.69) is 29.5 Å². The third kappa shape index (κ3) is 2.43. The average Bonchev–Trinajstić information content (AvgIpc) is 2.55. The Hall–Kier alpha value is -2.87. The summed E-state index contributed by atoms with van der Waals surface area (Å²) in [6.45, 7) is 7.78. The van der Waals surface area contributed by atoms with E-state index in [9.17, 15) is 0 Å². The number of hydrogen-bond acceptors (Lipinski definition) is 2. The van der Waals surface area contributed by atoms with Crippen molar-refractivity contribution < 1.29 is 0 Å². The van der Waals surface area contributed by atoms with Gasteiger partial charge in [0.2, 0.25) is 0 Å². The Labute approximate surface area is 124 Å². The molecule has 3 aromatic rings. The normalized spacial score (nSPS) is 10.3. The molecule has 0 aliphatic heterocycles. The molecule has 3 rings (SSSR count). The topological polar surface area (TPSA) is 24.9 Å². The number of fused-ring (bicyclic) bond motifs is 1. The molecule has 0 bridgehead atoms. The van der Waals surface area contributed by atoms with Crippen LogP contribution in [-0.2, 0) is 0 Å². The number of anilines is 2. The van der Waals surface area contributed by atoms with Crippen molar-refractivity contribution >= 4 is 34.4 Å². The van der Waals surface area contributed by atoms with Crippen LogP contribution in [0.2, 0.25) is 0 Å². The molecule has 1 N–H and O–H groups in total. The van der Waals surface area contributed by atoms with E-state index in [0.717, 1.165) is 33.5 Å². The number of nitrogens with zero attached hydrogens (tertiary/aromatic N) is 1. The Balaban J connectivity index is 2.27. The largest absolute Gasteiger partial charge is 0.354 e. The van der Waals surface area contributed by atoms with E-state index >= 15 is 0 Å². The van der Waals surface area contributed by atoms with Gasteiger partial charge in [0.1, 0.15) is 0 Å². The van der Waals surface area contributed by atoms with Gasteiger partial charge in [0.25, 0.3) is 0 Å². The number of aromatic nitrogens is 1. The highest BCUT2D eigenvalue weighted by Gasteiger charge is 2.11. The van der Waals surface area contributed by atoms with Gasteiger partial charge < -0.3 is 5.32 Å². The molecule has 0 aliphatic rings. The first-order valence-electron chi connectivity index (χ1n) is 6.83. The number of benzene rings is 2. The summed E-state index contributed by atoms with van der Waals surface area (Å²) in [6, 6.07) is 18.2. The third-order valence-electron chi connectivity index (χ3n) is 3.40. The van der Waals surface area contributed by atoms with Crippen LogP contribution in [0.5, 0.6) is 0 Å². The van der Waals surface area contributed by atoms with Crippen LogP contribution in [0.1, 0.15) is 11.3 Å². The molecule has 0 fully saturated rings. The smallest absolute Gasteiger partial charge is 0.0730 e. The molecule has 1 heterocycles. The molecular formula is C19H16N2. The molecule has 2 nitrogen and oxygen atoms in total. The van der Waals surface area contributed by atoms with Crippen molar-refractivity contribution in [2.75, 3.05) is 5.32 Å². The first kappa shape index (κ1) is 13.1. The standard InChI is InChI=1S/C19H16N2/c1-3-15-17(4-2)21-18-13-9-8-12-16(18)19(15)20-14-10-6-5-7-11-14/h3-13H,1-2H2,(H,20,21). The molecule has 102 valence electrons. The minimum Gasteiger partial charge on any atom is -0.354 e. The summed E-state index contributed by atoms with van der Waals surface area (Å²) in [4.78, 5) is 4.64. The lowest BCUT2D eigenvalue weighted by atomic mass is 10.0. The van der Waals surface area contributed by atoms with Crippen molar-refractivity contribution in [2.45, 2.75) is 0 Å². The fourth-order valence-electron chi connectivity index (χ4n) is 2.41. The summed E-state index contributed by atoms with van der Waals surface area (Å²) < 4.78 is 0. The van der Waals surface area contributed by atoms with Gasteiger partial charge in [-0.2, -0.15) is 0 Å². The minimum atomic E-state index is 0.835. The molecule has 0 atom stereocenters. The lowest BCUT2D eigenvalue weighted by Gasteiger charge is -2.15. The van der Waals surface area contributed by atoms with Crippen LogP contribution in [0, 0.1) is 0 Å². The highest BCUT2D eigenvalue weighted by atomic mass is 14.9. The van der Waals surface area contributed by atoms with Gasteiger partial charge in [-0.05, 0) is 24.3 Å². The molecule has 0 saturated carbocycles. The number of nitrogens with one attached hydrogen (secondary N) is 1. The highest BCUT2D eigenvalue weighted by molar-refractivity contribution is 5.99. The molecule has 2 heteroatoms. The maximum absolute atomic E-state index is 4.64. The lowest BCUT2D eigenvalue weighted by Crippen LogP contribution is -1.99. The van der Waals surface area contributed by atoms with Gasteiger partial charge in [-0.1, -0.05) is 55.6 Å². The van der Waals surface area contributed by atoms with E-state index in [4.69, 9.17) is 0 Å². The maximum atomic E-state index is 4.64. The van der Waals surface area contributed by atoms with Crippen molar-refractivity contribution in [3.05, 3.63) is 79.0 Å². The zero-order chi connectivity index (χ0) is 14.7. The van der Waals surface area contributed by atoms with Crippen LogP contribution in [0.4, 0.5) is 11.4 Å². The van der Waals surface area contributed by atoms with E-state index in [1.54, 1.807) is 6.08 Å². The number of para-hydroxylation sites is 2. The Bertz CT molecular complexity index is 804. The molecular weight excluding hydrogens is 256 g/mol. The summed E-state index contributed by atoms with van der Waals surface area (Å²) in [5, 5.41) is 4.55. The molecule has 0 amide bonds. The van der Waals surface area contributed by atoms with Gasteiger partial charge in [-0.25, -0.2) is 4.98 Å². The predicted molar refractivity (Wildman–Crippen MR) is 91.6 cm³/mol. The number of hydrogen-bond donors (Lipinski definition) is 1. The van der Waals surface area contributed by atoms with Crippen molar-refractivity contribution in [1.29, 1.82) is 0 Å². The van der Waals surface area contributed by atoms with Gasteiger partial charge in [0, 0.05) is 16.6 Å². The van der Waals surface area contributed by atoms with Gasteiger partial charge in [0.05, 0.1) is 16.9 Å².